The van der Waals surface area contributed by atoms with Crippen molar-refractivity contribution in [2.45, 2.75) is 32.1 Å². The summed E-state index contributed by atoms with van der Waals surface area (Å²) in [5.74, 6) is -1.46. The molecule has 1 aliphatic carbocycles. The SMILES string of the molecule is NC(=O)CC1CCN(C(=O)C2(C(=O)O)CC=CC2)CC1. The molecule has 0 aromatic carbocycles. The molecule has 0 unspecified atom stereocenters. The van der Waals surface area contributed by atoms with Gasteiger partial charge in [-0.3, -0.25) is 14.4 Å². The number of carboxylic acids is 1. The van der Waals surface area contributed by atoms with E-state index in [1.165, 1.54) is 0 Å². The molecule has 1 heterocycles. The van der Waals surface area contributed by atoms with Gasteiger partial charge in [0.1, 0.15) is 0 Å². The number of piperidine rings is 1. The first-order valence-electron chi connectivity index (χ1n) is 6.92. The highest BCUT2D eigenvalue weighted by atomic mass is 16.4. The maximum atomic E-state index is 12.5. The molecule has 0 bridgehead atoms. The van der Waals surface area contributed by atoms with Gasteiger partial charge in [0.2, 0.25) is 11.8 Å². The summed E-state index contributed by atoms with van der Waals surface area (Å²) in [6, 6.07) is 0. The van der Waals surface area contributed by atoms with Crippen molar-refractivity contribution >= 4 is 17.8 Å². The van der Waals surface area contributed by atoms with Crippen molar-refractivity contribution in [1.29, 1.82) is 0 Å². The number of carbonyl (C=O) groups excluding carboxylic acids is 2. The van der Waals surface area contributed by atoms with Gasteiger partial charge in [-0.15, -0.1) is 0 Å². The number of likely N-dealkylation sites (tertiary alicyclic amines) is 1. The topological polar surface area (TPSA) is 101 Å². The minimum Gasteiger partial charge on any atom is -0.480 e. The summed E-state index contributed by atoms with van der Waals surface area (Å²) in [6.07, 6.45) is 5.80. The van der Waals surface area contributed by atoms with E-state index in [-0.39, 0.29) is 30.6 Å². The smallest absolute Gasteiger partial charge is 0.319 e. The molecule has 6 nitrogen and oxygen atoms in total. The fourth-order valence-electron chi connectivity index (χ4n) is 3.02. The molecule has 3 N–H and O–H groups in total. The number of aliphatic carboxylic acids is 1. The molecule has 0 atom stereocenters. The zero-order chi connectivity index (χ0) is 14.8. The van der Waals surface area contributed by atoms with Crippen molar-refractivity contribution in [2.75, 3.05) is 13.1 Å². The van der Waals surface area contributed by atoms with Crippen LogP contribution >= 0.6 is 0 Å². The van der Waals surface area contributed by atoms with Gasteiger partial charge in [-0.05, 0) is 31.6 Å². The van der Waals surface area contributed by atoms with Gasteiger partial charge in [0.05, 0.1) is 0 Å². The molecule has 6 heteroatoms. The molecule has 1 saturated heterocycles. The van der Waals surface area contributed by atoms with Crippen LogP contribution in [0, 0.1) is 11.3 Å². The Bertz CT molecular complexity index is 442. The highest BCUT2D eigenvalue weighted by Crippen LogP contribution is 2.37. The van der Waals surface area contributed by atoms with Gasteiger partial charge in [0.15, 0.2) is 5.41 Å². The van der Waals surface area contributed by atoms with E-state index in [0.717, 1.165) is 0 Å². The summed E-state index contributed by atoms with van der Waals surface area (Å²) in [6.45, 7) is 1.01. The highest BCUT2D eigenvalue weighted by Gasteiger charge is 2.48. The van der Waals surface area contributed by atoms with Crippen LogP contribution in [-0.2, 0) is 14.4 Å². The van der Waals surface area contributed by atoms with Crippen LogP contribution in [0.15, 0.2) is 12.2 Å². The summed E-state index contributed by atoms with van der Waals surface area (Å²) >= 11 is 0. The number of carbonyl (C=O) groups is 3. The molecule has 0 aromatic rings. The van der Waals surface area contributed by atoms with E-state index in [1.54, 1.807) is 17.1 Å². The Hall–Kier alpha value is -1.85. The van der Waals surface area contributed by atoms with Crippen LogP contribution in [0.25, 0.3) is 0 Å². The zero-order valence-corrected chi connectivity index (χ0v) is 11.4. The molecule has 20 heavy (non-hydrogen) atoms. The molecule has 2 amide bonds. The van der Waals surface area contributed by atoms with E-state index in [9.17, 15) is 19.5 Å². The number of nitrogens with two attached hydrogens (primary N) is 1. The second-order valence-corrected chi connectivity index (χ2v) is 5.67. The molecule has 1 aliphatic heterocycles. The molecule has 2 rings (SSSR count). The Morgan fingerprint density at radius 2 is 1.75 bits per heavy atom. The first-order chi connectivity index (χ1) is 9.45. The van der Waals surface area contributed by atoms with Crippen molar-refractivity contribution in [1.82, 2.24) is 4.90 Å². The van der Waals surface area contributed by atoms with Gasteiger partial charge in [0.25, 0.3) is 0 Å². The third-order valence-electron chi connectivity index (χ3n) is 4.31. The number of rotatable bonds is 4. The van der Waals surface area contributed by atoms with Crippen LogP contribution in [0.4, 0.5) is 0 Å². The summed E-state index contributed by atoms with van der Waals surface area (Å²) in [5, 5.41) is 9.39. The second-order valence-electron chi connectivity index (χ2n) is 5.67. The maximum Gasteiger partial charge on any atom is 0.319 e. The van der Waals surface area contributed by atoms with E-state index in [1.807, 2.05) is 0 Å². The predicted molar refractivity (Wildman–Crippen MR) is 71.6 cm³/mol. The van der Waals surface area contributed by atoms with Crippen molar-refractivity contribution in [3.63, 3.8) is 0 Å². The number of primary amides is 1. The number of nitrogens with zero attached hydrogens (tertiary/aromatic N) is 1. The molecule has 0 saturated carbocycles. The number of allylic oxidation sites excluding steroid dienone is 2. The third-order valence-corrected chi connectivity index (χ3v) is 4.31. The molecule has 110 valence electrons. The van der Waals surface area contributed by atoms with Gasteiger partial charge in [-0.2, -0.15) is 0 Å². The fraction of sp³-hybridized carbons (Fsp3) is 0.643. The Morgan fingerprint density at radius 3 is 2.20 bits per heavy atom. The molecule has 2 aliphatic rings. The average Bonchev–Trinajstić information content (AvgIpc) is 2.88. The minimum absolute atomic E-state index is 0.207. The molecule has 1 fully saturated rings. The number of hydrogen-bond acceptors (Lipinski definition) is 3. The van der Waals surface area contributed by atoms with Crippen LogP contribution in [0.3, 0.4) is 0 Å². The minimum atomic E-state index is -1.31. The van der Waals surface area contributed by atoms with Crippen LogP contribution < -0.4 is 5.73 Å². The quantitative estimate of drug-likeness (QED) is 0.579. The van der Waals surface area contributed by atoms with Gasteiger partial charge < -0.3 is 15.7 Å². The lowest BCUT2D eigenvalue weighted by Crippen LogP contribution is -2.50. The number of hydrogen-bond donors (Lipinski definition) is 2. The van der Waals surface area contributed by atoms with Gasteiger partial charge in [0, 0.05) is 19.5 Å². The Kier molecular flexibility index (Phi) is 4.11. The summed E-state index contributed by atoms with van der Waals surface area (Å²) in [5.41, 5.74) is 3.86. The summed E-state index contributed by atoms with van der Waals surface area (Å²) in [7, 11) is 0. The Labute approximate surface area is 117 Å². The van der Waals surface area contributed by atoms with Crippen LogP contribution in [0.5, 0.6) is 0 Å². The molecular weight excluding hydrogens is 260 g/mol. The largest absolute Gasteiger partial charge is 0.480 e. The van der Waals surface area contributed by atoms with Crippen molar-refractivity contribution in [2.24, 2.45) is 17.1 Å². The molecular formula is C14H20N2O4. The zero-order valence-electron chi connectivity index (χ0n) is 11.4. The van der Waals surface area contributed by atoms with E-state index in [0.29, 0.717) is 32.4 Å². The van der Waals surface area contributed by atoms with E-state index in [2.05, 4.69) is 0 Å². The molecule has 0 aromatic heterocycles. The van der Waals surface area contributed by atoms with E-state index >= 15 is 0 Å². The lowest BCUT2D eigenvalue weighted by atomic mass is 9.82. The lowest BCUT2D eigenvalue weighted by Gasteiger charge is -2.36. The second kappa shape index (κ2) is 5.64. The Balaban J connectivity index is 1.98. The molecule has 0 spiro atoms. The summed E-state index contributed by atoms with van der Waals surface area (Å²) in [4.78, 5) is 36.5. The highest BCUT2D eigenvalue weighted by molar-refractivity contribution is 6.02. The first-order valence-corrected chi connectivity index (χ1v) is 6.92. The van der Waals surface area contributed by atoms with Gasteiger partial charge >= 0.3 is 5.97 Å². The lowest BCUT2D eigenvalue weighted by molar-refractivity contribution is -0.160. The average molecular weight is 280 g/mol. The standard InChI is InChI=1S/C14H20N2O4/c15-11(17)9-10-3-7-16(8-4-10)12(18)14(13(19)20)5-1-2-6-14/h1-2,10H,3-9H2,(H2,15,17)(H,19,20). The van der Waals surface area contributed by atoms with Gasteiger partial charge in [-0.1, -0.05) is 12.2 Å². The Morgan fingerprint density at radius 1 is 1.20 bits per heavy atom. The molecule has 0 radical (unpaired) electrons. The van der Waals surface area contributed by atoms with Gasteiger partial charge in [-0.25, -0.2) is 0 Å². The first kappa shape index (κ1) is 14.6. The monoisotopic (exact) mass is 280 g/mol. The summed E-state index contributed by atoms with van der Waals surface area (Å²) < 4.78 is 0. The van der Waals surface area contributed by atoms with Crippen LogP contribution in [0.1, 0.15) is 32.1 Å². The third kappa shape index (κ3) is 2.69. The number of amides is 2. The van der Waals surface area contributed by atoms with Crippen molar-refractivity contribution < 1.29 is 19.5 Å². The predicted octanol–water partition coefficient (Wildman–Crippen LogP) is 0.521. The number of carboxylic acid groups (broad SMARTS) is 1. The fourth-order valence-corrected chi connectivity index (χ4v) is 3.02. The van der Waals surface area contributed by atoms with E-state index in [4.69, 9.17) is 5.73 Å². The normalized spacial score (nSPS) is 21.9. The van der Waals surface area contributed by atoms with Crippen molar-refractivity contribution in [3.05, 3.63) is 12.2 Å². The van der Waals surface area contributed by atoms with Crippen LogP contribution in [0.2, 0.25) is 0 Å². The van der Waals surface area contributed by atoms with E-state index < -0.39 is 11.4 Å². The van der Waals surface area contributed by atoms with Crippen molar-refractivity contribution in [3.8, 4) is 0 Å². The maximum absolute atomic E-state index is 12.5. The van der Waals surface area contributed by atoms with Crippen LogP contribution in [-0.4, -0.2) is 40.9 Å².